The lowest BCUT2D eigenvalue weighted by molar-refractivity contribution is -0.384. The largest absolute Gasteiger partial charge is 0.477 e. The smallest absolute Gasteiger partial charge is 0.352 e. The number of nitrogens with zero attached hydrogens (tertiary/aromatic N) is 2. The molecule has 1 aromatic rings. The summed E-state index contributed by atoms with van der Waals surface area (Å²) < 4.78 is 0. The van der Waals surface area contributed by atoms with Crippen molar-refractivity contribution in [3.05, 3.63) is 51.2 Å². The van der Waals surface area contributed by atoms with Crippen LogP contribution >= 0.6 is 11.8 Å². The van der Waals surface area contributed by atoms with Crippen LogP contribution in [0.4, 0.5) is 5.69 Å². The molecule has 1 aromatic carbocycles. The molecule has 0 spiro atoms. The molecule has 1 saturated heterocycles. The number of hydrogen-bond donors (Lipinski definition) is 2. The van der Waals surface area contributed by atoms with Gasteiger partial charge in [0.1, 0.15) is 17.1 Å². The molecule has 1 unspecified atom stereocenters. The van der Waals surface area contributed by atoms with Crippen molar-refractivity contribution in [1.82, 2.24) is 10.2 Å². The number of β-lactam (4-membered cyclic amide) rings is 1. The first-order chi connectivity index (χ1) is 14.4. The number of nitrogens with one attached hydrogen (secondary N) is 1. The van der Waals surface area contributed by atoms with E-state index in [9.17, 15) is 29.6 Å². The minimum Gasteiger partial charge on any atom is -0.477 e. The lowest BCUT2D eigenvalue weighted by atomic mass is 9.93. The van der Waals surface area contributed by atoms with E-state index in [1.165, 1.54) is 40.9 Å². The second-order valence-corrected chi connectivity index (χ2v) is 8.82. The molecular weight excluding hydrogens is 410 g/mol. The van der Waals surface area contributed by atoms with Gasteiger partial charge in [-0.3, -0.25) is 24.6 Å². The molecular formula is C20H21N3O6S. The average Bonchev–Trinajstić information content (AvgIpc) is 3.25. The number of carbonyl (C=O) groups is 3. The summed E-state index contributed by atoms with van der Waals surface area (Å²) in [6.45, 7) is 0. The van der Waals surface area contributed by atoms with E-state index in [4.69, 9.17) is 0 Å². The van der Waals surface area contributed by atoms with Crippen LogP contribution in [0.15, 0.2) is 35.5 Å². The second-order valence-electron chi connectivity index (χ2n) is 7.72. The van der Waals surface area contributed by atoms with E-state index >= 15 is 0 Å². The fourth-order valence-electron chi connectivity index (χ4n) is 4.37. The Kier molecular flexibility index (Phi) is 5.50. The van der Waals surface area contributed by atoms with Crippen molar-refractivity contribution in [1.29, 1.82) is 0 Å². The predicted octanol–water partition coefficient (Wildman–Crippen LogP) is 2.07. The molecule has 3 aliphatic rings. The first-order valence-corrected chi connectivity index (χ1v) is 10.9. The van der Waals surface area contributed by atoms with Gasteiger partial charge in [-0.2, -0.15) is 0 Å². The van der Waals surface area contributed by atoms with Crippen molar-refractivity contribution < 1.29 is 24.4 Å². The van der Waals surface area contributed by atoms with Gasteiger partial charge >= 0.3 is 5.97 Å². The first-order valence-electron chi connectivity index (χ1n) is 9.80. The van der Waals surface area contributed by atoms with Crippen molar-refractivity contribution in [3.8, 4) is 0 Å². The zero-order valence-electron chi connectivity index (χ0n) is 16.1. The number of rotatable bonds is 6. The summed E-state index contributed by atoms with van der Waals surface area (Å²) in [7, 11) is 0. The third-order valence-electron chi connectivity index (χ3n) is 5.88. The molecule has 0 radical (unpaired) electrons. The van der Waals surface area contributed by atoms with Gasteiger partial charge in [0.2, 0.25) is 5.91 Å². The van der Waals surface area contributed by atoms with Crippen LogP contribution in [-0.2, 0) is 20.8 Å². The lowest BCUT2D eigenvalue weighted by Crippen LogP contribution is -2.70. The topological polar surface area (TPSA) is 130 Å². The lowest BCUT2D eigenvalue weighted by Gasteiger charge is -2.50. The van der Waals surface area contributed by atoms with Crippen LogP contribution in [-0.4, -0.2) is 49.9 Å². The Morgan fingerprint density at radius 1 is 1.23 bits per heavy atom. The highest BCUT2D eigenvalue weighted by molar-refractivity contribution is 8.00. The second kappa shape index (κ2) is 8.10. The number of carboxylic acids is 1. The highest BCUT2D eigenvalue weighted by Crippen LogP contribution is 2.45. The highest BCUT2D eigenvalue weighted by atomic mass is 32.2. The number of benzene rings is 1. The average molecular weight is 431 g/mol. The molecule has 2 N–H and O–H groups in total. The molecule has 0 bridgehead atoms. The van der Waals surface area contributed by atoms with E-state index in [0.717, 1.165) is 31.3 Å². The molecule has 0 aromatic heterocycles. The number of amides is 2. The summed E-state index contributed by atoms with van der Waals surface area (Å²) in [6.07, 6.45) is 4.03. The van der Waals surface area contributed by atoms with Gasteiger partial charge in [-0.25, -0.2) is 4.79 Å². The van der Waals surface area contributed by atoms with E-state index in [1.807, 2.05) is 0 Å². The summed E-state index contributed by atoms with van der Waals surface area (Å²) in [5.74, 6) is -1.11. The van der Waals surface area contributed by atoms with Crippen LogP contribution in [0.25, 0.3) is 0 Å². The maximum absolute atomic E-state index is 12.7. The first kappa shape index (κ1) is 20.4. The van der Waals surface area contributed by atoms with Crippen molar-refractivity contribution in [2.24, 2.45) is 5.92 Å². The molecule has 2 aliphatic heterocycles. The number of fused-ring (bicyclic) bond motifs is 1. The number of nitro benzene ring substituents is 1. The Morgan fingerprint density at radius 3 is 2.50 bits per heavy atom. The van der Waals surface area contributed by atoms with Gasteiger partial charge in [0, 0.05) is 17.9 Å². The number of hydrogen-bond acceptors (Lipinski definition) is 6. The maximum Gasteiger partial charge on any atom is 0.352 e. The number of aliphatic carboxylic acids is 1. The third-order valence-corrected chi connectivity index (χ3v) is 7.18. The van der Waals surface area contributed by atoms with Crippen molar-refractivity contribution >= 4 is 35.2 Å². The highest BCUT2D eigenvalue weighted by Gasteiger charge is 2.54. The van der Waals surface area contributed by atoms with E-state index < -0.39 is 28.2 Å². The molecule has 1 aliphatic carbocycles. The fraction of sp³-hybridized carbons (Fsp3) is 0.450. The number of thioether (sulfide) groups is 1. The summed E-state index contributed by atoms with van der Waals surface area (Å²) >= 11 is 1.49. The Labute approximate surface area is 176 Å². The Balaban J connectivity index is 1.43. The van der Waals surface area contributed by atoms with E-state index in [0.29, 0.717) is 11.3 Å². The Hall–Kier alpha value is -2.88. The molecule has 30 heavy (non-hydrogen) atoms. The third kappa shape index (κ3) is 3.67. The van der Waals surface area contributed by atoms with Crippen molar-refractivity contribution in [2.75, 3.05) is 5.75 Å². The molecule has 2 fully saturated rings. The Morgan fingerprint density at radius 2 is 1.90 bits per heavy atom. The number of carboxylic acid groups (broad SMARTS) is 1. The molecule has 9 nitrogen and oxygen atoms in total. The van der Waals surface area contributed by atoms with Crippen LogP contribution in [0.5, 0.6) is 0 Å². The van der Waals surface area contributed by atoms with E-state index in [2.05, 4.69) is 5.32 Å². The fourth-order valence-corrected chi connectivity index (χ4v) is 5.83. The number of carbonyl (C=O) groups excluding carboxylic acids is 2. The Bertz CT molecular complexity index is 938. The predicted molar refractivity (Wildman–Crippen MR) is 108 cm³/mol. The zero-order chi connectivity index (χ0) is 21.4. The summed E-state index contributed by atoms with van der Waals surface area (Å²) in [5, 5.41) is 22.7. The standard InChI is InChI=1S/C20H21N3O6S/c24-15(9-11-5-7-13(8-6-11)23(28)29)21-16-18(25)22-17(20(26)27)14(10-30-19(16)22)12-3-1-2-4-12/h5-8,12,16,19H,1-4,9-10H2,(H,21,24)(H,26,27)/t16?,19-/m1/s1. The normalized spacial score (nSPS) is 23.7. The molecule has 2 amide bonds. The molecule has 2 heterocycles. The van der Waals surface area contributed by atoms with Crippen molar-refractivity contribution in [3.63, 3.8) is 0 Å². The van der Waals surface area contributed by atoms with E-state index in [-0.39, 0.29) is 29.6 Å². The van der Waals surface area contributed by atoms with Crippen LogP contribution in [0.3, 0.4) is 0 Å². The monoisotopic (exact) mass is 431 g/mol. The van der Waals surface area contributed by atoms with Crippen molar-refractivity contribution in [2.45, 2.75) is 43.5 Å². The molecule has 1 saturated carbocycles. The molecule has 158 valence electrons. The number of non-ortho nitro benzene ring substituents is 1. The van der Waals surface area contributed by atoms with Gasteiger partial charge in [0.05, 0.1) is 11.3 Å². The maximum atomic E-state index is 12.7. The quantitative estimate of drug-likeness (QED) is 0.401. The minimum atomic E-state index is -1.09. The molecule has 4 rings (SSSR count). The van der Waals surface area contributed by atoms with Crippen LogP contribution in [0, 0.1) is 16.0 Å². The van der Waals surface area contributed by atoms with Gasteiger partial charge < -0.3 is 10.4 Å². The molecule has 10 heteroatoms. The van der Waals surface area contributed by atoms with Gasteiger partial charge in [-0.05, 0) is 29.9 Å². The summed E-state index contributed by atoms with van der Waals surface area (Å²) in [4.78, 5) is 48.5. The SMILES string of the molecule is O=C(Cc1ccc([N+](=O)[O-])cc1)NC1C(=O)N2C(C(=O)O)=C(C3CCCC3)CS[C@H]12. The van der Waals surface area contributed by atoms with Gasteiger partial charge in [-0.15, -0.1) is 11.8 Å². The number of nitro groups is 1. The zero-order valence-corrected chi connectivity index (χ0v) is 16.9. The summed E-state index contributed by atoms with van der Waals surface area (Å²) in [5.41, 5.74) is 1.46. The van der Waals surface area contributed by atoms with Crippen LogP contribution < -0.4 is 5.32 Å². The minimum absolute atomic E-state index is 0.0197. The van der Waals surface area contributed by atoms with E-state index in [1.54, 1.807) is 0 Å². The van der Waals surface area contributed by atoms with Gasteiger partial charge in [0.25, 0.3) is 11.6 Å². The van der Waals surface area contributed by atoms with Crippen LogP contribution in [0.2, 0.25) is 0 Å². The van der Waals surface area contributed by atoms with Gasteiger partial charge in [-0.1, -0.05) is 25.0 Å². The molecule has 2 atom stereocenters. The summed E-state index contributed by atoms with van der Waals surface area (Å²) in [6, 6.07) is 4.89. The van der Waals surface area contributed by atoms with Crippen LogP contribution in [0.1, 0.15) is 31.2 Å². The van der Waals surface area contributed by atoms with Gasteiger partial charge in [0.15, 0.2) is 0 Å².